The minimum absolute atomic E-state index is 0.392. The van der Waals surface area contributed by atoms with Gasteiger partial charge in [0.15, 0.2) is 0 Å². The Balaban J connectivity index is 2.68. The lowest BCUT2D eigenvalue weighted by Gasteiger charge is -2.03. The fraction of sp³-hybridized carbons (Fsp3) is 0.333. The molecule has 0 atom stereocenters. The van der Waals surface area contributed by atoms with E-state index >= 15 is 0 Å². The summed E-state index contributed by atoms with van der Waals surface area (Å²) in [5.41, 5.74) is 0.799. The van der Waals surface area contributed by atoms with E-state index in [9.17, 15) is 9.59 Å². The van der Waals surface area contributed by atoms with Crippen molar-refractivity contribution in [1.82, 2.24) is 0 Å². The topological polar surface area (TPSA) is 55.7 Å². The first-order valence-corrected chi connectivity index (χ1v) is 5.13. The number of hydrogen-bond acceptors (Lipinski definition) is 4. The molecule has 84 valence electrons. The summed E-state index contributed by atoms with van der Waals surface area (Å²) >= 11 is 0. The Labute approximate surface area is 94.0 Å². The largest absolute Gasteiger partial charge is 0.462 e. The molecule has 0 amide bonds. The van der Waals surface area contributed by atoms with Gasteiger partial charge in [-0.3, -0.25) is 0 Å². The molecule has 0 aromatic heterocycles. The van der Waals surface area contributed by atoms with Crippen molar-refractivity contribution in [3.8, 4) is 0 Å². The smallest absolute Gasteiger partial charge is 0.338 e. The number of nitrogens with zero attached hydrogens (tertiary/aromatic N) is 1. The van der Waals surface area contributed by atoms with Gasteiger partial charge < -0.3 is 4.74 Å². The number of hydrogen-bond donors (Lipinski definition) is 0. The zero-order valence-corrected chi connectivity index (χ0v) is 9.10. The number of benzene rings is 1. The molecule has 1 rings (SSSR count). The first-order chi connectivity index (χ1) is 7.77. The highest BCUT2D eigenvalue weighted by Crippen LogP contribution is 2.14. The molecule has 0 fully saturated rings. The van der Waals surface area contributed by atoms with E-state index in [4.69, 9.17) is 4.74 Å². The van der Waals surface area contributed by atoms with Gasteiger partial charge in [0.2, 0.25) is 6.08 Å². The van der Waals surface area contributed by atoms with Crippen LogP contribution < -0.4 is 0 Å². The van der Waals surface area contributed by atoms with Crippen LogP contribution in [0.25, 0.3) is 0 Å². The molecule has 0 bridgehead atoms. The second-order valence-electron chi connectivity index (χ2n) is 3.24. The summed E-state index contributed by atoms with van der Waals surface area (Å²) in [5.74, 6) is -0.392. The summed E-state index contributed by atoms with van der Waals surface area (Å²) in [6, 6.07) is 6.39. The van der Waals surface area contributed by atoms with Crippen LogP contribution in [0.5, 0.6) is 0 Å². The van der Waals surface area contributed by atoms with Gasteiger partial charge in [0.1, 0.15) is 0 Å². The summed E-state index contributed by atoms with van der Waals surface area (Å²) in [6.45, 7) is 2.43. The van der Waals surface area contributed by atoms with Crippen molar-refractivity contribution in [2.24, 2.45) is 4.99 Å². The summed E-state index contributed by atoms with van der Waals surface area (Å²) in [6.07, 6.45) is 3.25. The zero-order chi connectivity index (χ0) is 11.8. The third-order valence-corrected chi connectivity index (χ3v) is 1.99. The van der Waals surface area contributed by atoms with Crippen LogP contribution in [0.15, 0.2) is 29.3 Å². The molecule has 0 aliphatic rings. The quantitative estimate of drug-likeness (QED) is 0.331. The average Bonchev–Trinajstić information content (AvgIpc) is 2.30. The predicted octanol–water partition coefficient (Wildman–Crippen LogP) is 2.61. The van der Waals surface area contributed by atoms with Gasteiger partial charge >= 0.3 is 5.97 Å². The first-order valence-electron chi connectivity index (χ1n) is 5.13. The Kier molecular flexibility index (Phi) is 4.96. The predicted molar refractivity (Wildman–Crippen MR) is 59.4 cm³/mol. The Morgan fingerprint density at radius 3 is 3.00 bits per heavy atom. The van der Waals surface area contributed by atoms with E-state index in [0.29, 0.717) is 17.9 Å². The summed E-state index contributed by atoms with van der Waals surface area (Å²) in [4.78, 5) is 25.0. The van der Waals surface area contributed by atoms with E-state index < -0.39 is 5.97 Å². The number of carbonyl (C=O) groups is 1. The van der Waals surface area contributed by atoms with E-state index in [1.54, 1.807) is 18.2 Å². The summed E-state index contributed by atoms with van der Waals surface area (Å²) in [7, 11) is 0. The number of esters is 1. The van der Waals surface area contributed by atoms with Crippen LogP contribution in [-0.4, -0.2) is 18.7 Å². The van der Waals surface area contributed by atoms with E-state index in [0.717, 1.165) is 12.8 Å². The van der Waals surface area contributed by atoms with Crippen LogP contribution in [0, 0.1) is 0 Å². The Morgan fingerprint density at radius 2 is 2.31 bits per heavy atom. The second kappa shape index (κ2) is 6.53. The third-order valence-electron chi connectivity index (χ3n) is 1.99. The standard InChI is InChI=1S/C12H13NO3/c1-2-3-7-16-12(15)10-5-4-6-11(8-10)13-9-14/h4-6,8H,2-3,7H2,1H3. The monoisotopic (exact) mass is 219 g/mol. The summed E-state index contributed by atoms with van der Waals surface area (Å²) in [5, 5.41) is 0. The van der Waals surface area contributed by atoms with Gasteiger partial charge in [0.05, 0.1) is 17.9 Å². The lowest BCUT2D eigenvalue weighted by molar-refractivity contribution is 0.0500. The van der Waals surface area contributed by atoms with Crippen LogP contribution in [0.2, 0.25) is 0 Å². The molecule has 0 aliphatic carbocycles. The second-order valence-corrected chi connectivity index (χ2v) is 3.24. The zero-order valence-electron chi connectivity index (χ0n) is 9.10. The van der Waals surface area contributed by atoms with E-state index in [1.807, 2.05) is 6.92 Å². The van der Waals surface area contributed by atoms with Crippen molar-refractivity contribution in [3.05, 3.63) is 29.8 Å². The van der Waals surface area contributed by atoms with Crippen molar-refractivity contribution in [1.29, 1.82) is 0 Å². The Hall–Kier alpha value is -1.93. The van der Waals surface area contributed by atoms with Crippen LogP contribution >= 0.6 is 0 Å². The maximum atomic E-state index is 11.5. The van der Waals surface area contributed by atoms with Gasteiger partial charge in [-0.25, -0.2) is 9.59 Å². The molecule has 4 nitrogen and oxygen atoms in total. The molecule has 1 aromatic carbocycles. The Bertz CT molecular complexity index is 408. The highest BCUT2D eigenvalue weighted by Gasteiger charge is 2.06. The van der Waals surface area contributed by atoms with Gasteiger partial charge in [-0.05, 0) is 24.6 Å². The van der Waals surface area contributed by atoms with Gasteiger partial charge in [-0.15, -0.1) is 0 Å². The van der Waals surface area contributed by atoms with Crippen molar-refractivity contribution in [3.63, 3.8) is 0 Å². The van der Waals surface area contributed by atoms with E-state index in [1.165, 1.54) is 12.1 Å². The highest BCUT2D eigenvalue weighted by molar-refractivity contribution is 5.90. The van der Waals surface area contributed by atoms with E-state index in [-0.39, 0.29) is 0 Å². The molecule has 0 radical (unpaired) electrons. The molecule has 0 N–H and O–H groups in total. The molecular weight excluding hydrogens is 206 g/mol. The highest BCUT2D eigenvalue weighted by atomic mass is 16.5. The van der Waals surface area contributed by atoms with Crippen molar-refractivity contribution < 1.29 is 14.3 Å². The Morgan fingerprint density at radius 1 is 1.50 bits per heavy atom. The number of unbranched alkanes of at least 4 members (excludes halogenated alkanes) is 1. The number of ether oxygens (including phenoxy) is 1. The molecule has 16 heavy (non-hydrogen) atoms. The molecule has 0 heterocycles. The van der Waals surface area contributed by atoms with Gasteiger partial charge in [0.25, 0.3) is 0 Å². The number of rotatable bonds is 5. The number of aliphatic imine (C=N–C) groups is 1. The lowest BCUT2D eigenvalue weighted by atomic mass is 10.2. The number of isocyanates is 1. The van der Waals surface area contributed by atoms with Gasteiger partial charge in [-0.1, -0.05) is 19.4 Å². The van der Waals surface area contributed by atoms with Gasteiger partial charge in [0, 0.05) is 0 Å². The van der Waals surface area contributed by atoms with Gasteiger partial charge in [-0.2, -0.15) is 4.99 Å². The maximum absolute atomic E-state index is 11.5. The minimum atomic E-state index is -0.392. The molecule has 0 spiro atoms. The van der Waals surface area contributed by atoms with Crippen molar-refractivity contribution in [2.45, 2.75) is 19.8 Å². The molecule has 4 heteroatoms. The van der Waals surface area contributed by atoms with Crippen molar-refractivity contribution >= 4 is 17.7 Å². The maximum Gasteiger partial charge on any atom is 0.338 e. The van der Waals surface area contributed by atoms with Crippen molar-refractivity contribution in [2.75, 3.05) is 6.61 Å². The third kappa shape index (κ3) is 3.67. The average molecular weight is 219 g/mol. The van der Waals surface area contributed by atoms with E-state index in [2.05, 4.69) is 4.99 Å². The first kappa shape index (κ1) is 12.1. The fourth-order valence-electron chi connectivity index (χ4n) is 1.15. The lowest BCUT2D eigenvalue weighted by Crippen LogP contribution is -2.05. The summed E-state index contributed by atoms with van der Waals surface area (Å²) < 4.78 is 5.02. The molecule has 0 saturated heterocycles. The molecule has 0 saturated carbocycles. The SMILES string of the molecule is CCCCOC(=O)c1cccc(N=C=O)c1. The number of carbonyl (C=O) groups excluding carboxylic acids is 2. The van der Waals surface area contributed by atoms with Crippen LogP contribution in [0.3, 0.4) is 0 Å². The molecule has 0 aliphatic heterocycles. The normalized spacial score (nSPS) is 9.31. The van der Waals surface area contributed by atoms with Crippen LogP contribution in [0.1, 0.15) is 30.1 Å². The fourth-order valence-corrected chi connectivity index (χ4v) is 1.15. The molecule has 0 unspecified atom stereocenters. The van der Waals surface area contributed by atoms with Crippen LogP contribution in [0.4, 0.5) is 5.69 Å². The molecular formula is C12H13NO3. The van der Waals surface area contributed by atoms with Crippen LogP contribution in [-0.2, 0) is 9.53 Å². The molecule has 1 aromatic rings. The minimum Gasteiger partial charge on any atom is -0.462 e.